The monoisotopic (exact) mass is 345 g/mol. The van der Waals surface area contributed by atoms with Crippen molar-refractivity contribution in [1.29, 1.82) is 5.26 Å². The average molecular weight is 345 g/mol. The number of hydrogen-bond donors (Lipinski definition) is 0. The number of hydrogen-bond acceptors (Lipinski definition) is 5. The number of morpholine rings is 1. The number of nitrogens with zero attached hydrogens (tertiary/aromatic N) is 3. The molecule has 2 aromatic heterocycles. The van der Waals surface area contributed by atoms with E-state index >= 15 is 0 Å². The molecule has 0 radical (unpaired) electrons. The third-order valence-electron chi connectivity index (χ3n) is 4.56. The molecule has 26 heavy (non-hydrogen) atoms. The first kappa shape index (κ1) is 16.5. The predicted octanol–water partition coefficient (Wildman–Crippen LogP) is 3.79. The van der Waals surface area contributed by atoms with Gasteiger partial charge in [-0.3, -0.25) is 9.88 Å². The minimum absolute atomic E-state index is 0.0335. The fourth-order valence-electron chi connectivity index (χ4n) is 3.24. The van der Waals surface area contributed by atoms with Crippen LogP contribution in [0.3, 0.4) is 0 Å². The highest BCUT2D eigenvalue weighted by atomic mass is 16.5. The van der Waals surface area contributed by atoms with E-state index in [2.05, 4.69) is 16.0 Å². The molecule has 1 aliphatic heterocycles. The van der Waals surface area contributed by atoms with Gasteiger partial charge < -0.3 is 9.15 Å². The molecule has 0 saturated carbocycles. The Bertz CT molecular complexity index is 914. The van der Waals surface area contributed by atoms with E-state index in [4.69, 9.17) is 9.15 Å². The Morgan fingerprint density at radius 2 is 2.08 bits per heavy atom. The summed E-state index contributed by atoms with van der Waals surface area (Å²) in [4.78, 5) is 6.50. The summed E-state index contributed by atoms with van der Waals surface area (Å²) < 4.78 is 11.9. The normalized spacial score (nSPS) is 17.7. The van der Waals surface area contributed by atoms with Crippen molar-refractivity contribution >= 4 is 0 Å². The van der Waals surface area contributed by atoms with E-state index in [1.54, 1.807) is 12.3 Å². The van der Waals surface area contributed by atoms with Crippen LogP contribution in [0.15, 0.2) is 65.3 Å². The maximum absolute atomic E-state index is 9.27. The second-order valence-corrected chi connectivity index (χ2v) is 6.30. The van der Waals surface area contributed by atoms with Crippen LogP contribution < -0.4 is 0 Å². The predicted molar refractivity (Wildman–Crippen MR) is 97.1 cm³/mol. The van der Waals surface area contributed by atoms with Crippen LogP contribution in [-0.4, -0.2) is 29.6 Å². The zero-order valence-corrected chi connectivity index (χ0v) is 14.3. The summed E-state index contributed by atoms with van der Waals surface area (Å²) in [5, 5.41) is 9.27. The summed E-state index contributed by atoms with van der Waals surface area (Å²) in [7, 11) is 0. The summed E-state index contributed by atoms with van der Waals surface area (Å²) in [6.07, 6.45) is 3.66. The smallest absolute Gasteiger partial charge is 0.135 e. The second-order valence-electron chi connectivity index (χ2n) is 6.30. The Morgan fingerprint density at radius 1 is 1.15 bits per heavy atom. The molecule has 0 aliphatic carbocycles. The number of ether oxygens (including phenoxy) is 1. The van der Waals surface area contributed by atoms with Crippen molar-refractivity contribution < 1.29 is 9.15 Å². The lowest BCUT2D eigenvalue weighted by Crippen LogP contribution is -2.37. The standard InChI is InChI=1S/C21H19N3O2/c22-12-16-4-1-2-6-19(16)20-8-7-18(26-20)14-24-10-11-25-21(15-24)17-5-3-9-23-13-17/h1-9,13,21H,10-11,14-15H2/t21-/m0/s1. The highest BCUT2D eigenvalue weighted by molar-refractivity contribution is 5.66. The Labute approximate surface area is 152 Å². The van der Waals surface area contributed by atoms with Gasteiger partial charge in [0.15, 0.2) is 0 Å². The first-order valence-electron chi connectivity index (χ1n) is 8.65. The Balaban J connectivity index is 1.47. The van der Waals surface area contributed by atoms with Crippen LogP contribution in [0.25, 0.3) is 11.3 Å². The number of benzene rings is 1. The molecule has 1 fully saturated rings. The molecule has 0 spiro atoms. The molecule has 130 valence electrons. The highest BCUT2D eigenvalue weighted by Gasteiger charge is 2.23. The molecule has 3 heterocycles. The van der Waals surface area contributed by atoms with Crippen molar-refractivity contribution in [3.05, 3.63) is 77.8 Å². The second kappa shape index (κ2) is 7.52. The maximum atomic E-state index is 9.27. The van der Waals surface area contributed by atoms with Crippen molar-refractivity contribution in [1.82, 2.24) is 9.88 Å². The molecule has 5 heteroatoms. The van der Waals surface area contributed by atoms with E-state index < -0.39 is 0 Å². The van der Waals surface area contributed by atoms with Gasteiger partial charge in [0, 0.05) is 36.6 Å². The topological polar surface area (TPSA) is 62.3 Å². The molecule has 0 amide bonds. The summed E-state index contributed by atoms with van der Waals surface area (Å²) in [6.45, 7) is 3.07. The quantitative estimate of drug-likeness (QED) is 0.720. The van der Waals surface area contributed by atoms with Crippen LogP contribution in [0.4, 0.5) is 0 Å². The first-order valence-corrected chi connectivity index (χ1v) is 8.65. The fraction of sp³-hybridized carbons (Fsp3) is 0.238. The van der Waals surface area contributed by atoms with Crippen LogP contribution in [-0.2, 0) is 11.3 Å². The number of nitriles is 1. The summed E-state index contributed by atoms with van der Waals surface area (Å²) in [5.41, 5.74) is 2.55. The van der Waals surface area contributed by atoms with Gasteiger partial charge in [-0.05, 0) is 30.3 Å². The third kappa shape index (κ3) is 3.52. The van der Waals surface area contributed by atoms with Crippen molar-refractivity contribution in [3.8, 4) is 17.4 Å². The number of aromatic nitrogens is 1. The SMILES string of the molecule is N#Cc1ccccc1-c1ccc(CN2CCO[C@H](c3cccnc3)C2)o1. The van der Waals surface area contributed by atoms with E-state index in [0.717, 1.165) is 42.3 Å². The van der Waals surface area contributed by atoms with Gasteiger partial charge in [-0.1, -0.05) is 18.2 Å². The van der Waals surface area contributed by atoms with Gasteiger partial charge in [0.2, 0.25) is 0 Å². The van der Waals surface area contributed by atoms with Crippen molar-refractivity contribution in [2.45, 2.75) is 12.6 Å². The molecule has 3 aromatic rings. The molecule has 0 N–H and O–H groups in total. The van der Waals surface area contributed by atoms with Gasteiger partial charge >= 0.3 is 0 Å². The zero-order chi connectivity index (χ0) is 17.8. The van der Waals surface area contributed by atoms with Gasteiger partial charge in [-0.25, -0.2) is 0 Å². The molecule has 5 nitrogen and oxygen atoms in total. The minimum Gasteiger partial charge on any atom is -0.460 e. The van der Waals surface area contributed by atoms with Crippen molar-refractivity contribution in [2.75, 3.05) is 19.7 Å². The fourth-order valence-corrected chi connectivity index (χ4v) is 3.24. The van der Waals surface area contributed by atoms with Gasteiger partial charge in [-0.15, -0.1) is 0 Å². The Kier molecular flexibility index (Phi) is 4.78. The summed E-state index contributed by atoms with van der Waals surface area (Å²) in [5.74, 6) is 1.62. The third-order valence-corrected chi connectivity index (χ3v) is 4.56. The van der Waals surface area contributed by atoms with Gasteiger partial charge in [-0.2, -0.15) is 5.26 Å². The van der Waals surface area contributed by atoms with Crippen LogP contribution >= 0.6 is 0 Å². The van der Waals surface area contributed by atoms with Crippen LogP contribution in [0.2, 0.25) is 0 Å². The lowest BCUT2D eigenvalue weighted by molar-refractivity contribution is -0.0347. The maximum Gasteiger partial charge on any atom is 0.135 e. The Morgan fingerprint density at radius 3 is 2.92 bits per heavy atom. The molecule has 4 rings (SSSR count). The van der Waals surface area contributed by atoms with Crippen LogP contribution in [0.5, 0.6) is 0 Å². The molecule has 0 unspecified atom stereocenters. The Hall–Kier alpha value is -2.94. The van der Waals surface area contributed by atoms with Crippen molar-refractivity contribution in [2.24, 2.45) is 0 Å². The summed E-state index contributed by atoms with van der Waals surface area (Å²) >= 11 is 0. The van der Waals surface area contributed by atoms with E-state index in [0.29, 0.717) is 12.2 Å². The van der Waals surface area contributed by atoms with E-state index in [1.807, 2.05) is 48.7 Å². The van der Waals surface area contributed by atoms with Crippen molar-refractivity contribution in [3.63, 3.8) is 0 Å². The van der Waals surface area contributed by atoms with Crippen LogP contribution in [0.1, 0.15) is 23.0 Å². The average Bonchev–Trinajstić information content (AvgIpc) is 3.17. The molecule has 0 bridgehead atoms. The molecule has 1 aliphatic rings. The summed E-state index contributed by atoms with van der Waals surface area (Å²) in [6, 6.07) is 17.6. The van der Waals surface area contributed by atoms with Crippen LogP contribution in [0, 0.1) is 11.3 Å². The number of pyridine rings is 1. The van der Waals surface area contributed by atoms with E-state index in [-0.39, 0.29) is 6.10 Å². The van der Waals surface area contributed by atoms with E-state index in [1.165, 1.54) is 0 Å². The lowest BCUT2D eigenvalue weighted by Gasteiger charge is -2.32. The zero-order valence-electron chi connectivity index (χ0n) is 14.3. The number of rotatable bonds is 4. The molecule has 1 saturated heterocycles. The molecule has 1 aromatic carbocycles. The van der Waals surface area contributed by atoms with E-state index in [9.17, 15) is 5.26 Å². The van der Waals surface area contributed by atoms with Gasteiger partial charge in [0.25, 0.3) is 0 Å². The first-order chi connectivity index (χ1) is 12.8. The molecular formula is C21H19N3O2. The molecule has 1 atom stereocenters. The molecular weight excluding hydrogens is 326 g/mol. The lowest BCUT2D eigenvalue weighted by atomic mass is 10.1. The van der Waals surface area contributed by atoms with Gasteiger partial charge in [0.1, 0.15) is 11.5 Å². The van der Waals surface area contributed by atoms with Gasteiger partial charge in [0.05, 0.1) is 30.9 Å². The largest absolute Gasteiger partial charge is 0.460 e. The highest BCUT2D eigenvalue weighted by Crippen LogP contribution is 2.27. The number of furan rings is 1. The minimum atomic E-state index is 0.0335.